The summed E-state index contributed by atoms with van der Waals surface area (Å²) in [5.74, 6) is -0.436. The Balaban J connectivity index is 1.64. The van der Waals surface area contributed by atoms with Crippen LogP contribution in [-0.4, -0.2) is 17.4 Å². The van der Waals surface area contributed by atoms with Gasteiger partial charge >= 0.3 is 0 Å². The molecule has 0 aliphatic carbocycles. The molecule has 0 bridgehead atoms. The van der Waals surface area contributed by atoms with Crippen LogP contribution in [0.4, 0.5) is 10.1 Å². The van der Waals surface area contributed by atoms with Gasteiger partial charge in [-0.15, -0.1) is 11.8 Å². The van der Waals surface area contributed by atoms with Crippen molar-refractivity contribution < 1.29 is 14.0 Å². The van der Waals surface area contributed by atoms with E-state index in [2.05, 4.69) is 5.32 Å². The lowest BCUT2D eigenvalue weighted by Crippen LogP contribution is -2.17. The molecule has 3 aromatic rings. The minimum Gasteiger partial charge on any atom is -0.325 e. The summed E-state index contributed by atoms with van der Waals surface area (Å²) in [4.78, 5) is 25.0. The first-order chi connectivity index (χ1) is 13.6. The lowest BCUT2D eigenvalue weighted by Gasteiger charge is -2.11. The number of carbonyl (C=O) groups is 2. The van der Waals surface area contributed by atoms with Gasteiger partial charge in [0.25, 0.3) is 0 Å². The Morgan fingerprint density at radius 1 is 0.929 bits per heavy atom. The van der Waals surface area contributed by atoms with Gasteiger partial charge in [-0.25, -0.2) is 4.39 Å². The van der Waals surface area contributed by atoms with Crippen molar-refractivity contribution >= 4 is 40.7 Å². The normalized spacial score (nSPS) is 10.5. The maximum Gasteiger partial charge on any atom is 0.234 e. The molecule has 1 N–H and O–H groups in total. The number of para-hydroxylation sites is 1. The molecule has 0 fully saturated rings. The maximum atomic E-state index is 13.8. The predicted octanol–water partition coefficient (Wildman–Crippen LogP) is 5.58. The molecule has 0 unspecified atom stereocenters. The van der Waals surface area contributed by atoms with Crippen molar-refractivity contribution in [1.82, 2.24) is 0 Å². The van der Waals surface area contributed by atoms with Gasteiger partial charge in [0.15, 0.2) is 5.78 Å². The molecular weight excluding hydrogens is 397 g/mol. The van der Waals surface area contributed by atoms with E-state index in [0.29, 0.717) is 27.4 Å². The number of carbonyl (C=O) groups excluding carboxylic acids is 2. The van der Waals surface area contributed by atoms with Gasteiger partial charge in [0, 0.05) is 27.5 Å². The standard InChI is InChI=1S/C22H17ClFNO2S/c23-18-10-6-11-19(24)17(18)13-28-14-21(26)25-20-12-5-4-9-16(20)22(27)15-7-2-1-3-8-15/h1-12H,13-14H2,(H,25,26). The van der Waals surface area contributed by atoms with E-state index in [0.717, 1.165) is 0 Å². The highest BCUT2D eigenvalue weighted by atomic mass is 35.5. The molecule has 0 aliphatic heterocycles. The number of hydrogen-bond acceptors (Lipinski definition) is 3. The van der Waals surface area contributed by atoms with Crippen molar-refractivity contribution in [2.45, 2.75) is 5.75 Å². The van der Waals surface area contributed by atoms with Crippen LogP contribution in [0, 0.1) is 5.82 Å². The Kier molecular flexibility index (Phi) is 6.85. The number of thioether (sulfide) groups is 1. The highest BCUT2D eigenvalue weighted by Gasteiger charge is 2.15. The summed E-state index contributed by atoms with van der Waals surface area (Å²) in [5.41, 5.74) is 1.80. The van der Waals surface area contributed by atoms with Crippen LogP contribution < -0.4 is 5.32 Å². The van der Waals surface area contributed by atoms with Crippen molar-refractivity contribution in [3.63, 3.8) is 0 Å². The van der Waals surface area contributed by atoms with Crippen LogP contribution in [0.3, 0.4) is 0 Å². The molecule has 0 saturated heterocycles. The van der Waals surface area contributed by atoms with Gasteiger partial charge in [0.05, 0.1) is 11.4 Å². The summed E-state index contributed by atoms with van der Waals surface area (Å²) in [6, 6.07) is 20.2. The number of anilines is 1. The average molecular weight is 414 g/mol. The first-order valence-electron chi connectivity index (χ1n) is 8.55. The number of nitrogens with one attached hydrogen (secondary N) is 1. The number of ketones is 1. The first kappa shape index (κ1) is 20.1. The fraction of sp³-hybridized carbons (Fsp3) is 0.0909. The number of halogens is 2. The maximum absolute atomic E-state index is 13.8. The topological polar surface area (TPSA) is 46.2 Å². The van der Waals surface area contributed by atoms with Crippen molar-refractivity contribution in [1.29, 1.82) is 0 Å². The molecule has 0 spiro atoms. The molecule has 3 nitrogen and oxygen atoms in total. The monoisotopic (exact) mass is 413 g/mol. The van der Waals surface area contributed by atoms with Crippen molar-refractivity contribution in [3.05, 3.63) is 100 Å². The Hall–Kier alpha value is -2.63. The SMILES string of the molecule is O=C(CSCc1c(F)cccc1Cl)Nc1ccccc1C(=O)c1ccccc1. The quantitative estimate of drug-likeness (QED) is 0.514. The summed E-state index contributed by atoms with van der Waals surface area (Å²) in [7, 11) is 0. The second-order valence-corrected chi connectivity index (χ2v) is 7.37. The fourth-order valence-electron chi connectivity index (χ4n) is 2.64. The van der Waals surface area contributed by atoms with E-state index in [4.69, 9.17) is 11.6 Å². The third-order valence-corrected chi connectivity index (χ3v) is 5.34. The smallest absolute Gasteiger partial charge is 0.234 e. The van der Waals surface area contributed by atoms with Gasteiger partial charge < -0.3 is 5.32 Å². The number of hydrogen-bond donors (Lipinski definition) is 1. The molecule has 0 atom stereocenters. The summed E-state index contributed by atoms with van der Waals surface area (Å²) >= 11 is 7.25. The summed E-state index contributed by atoms with van der Waals surface area (Å²) < 4.78 is 13.8. The zero-order valence-electron chi connectivity index (χ0n) is 14.8. The van der Waals surface area contributed by atoms with Gasteiger partial charge in [0.2, 0.25) is 5.91 Å². The molecule has 142 valence electrons. The molecule has 0 radical (unpaired) electrons. The van der Waals surface area contributed by atoms with Crippen LogP contribution in [-0.2, 0) is 10.5 Å². The number of benzene rings is 3. The van der Waals surface area contributed by atoms with Gasteiger partial charge in [0.1, 0.15) is 5.82 Å². The predicted molar refractivity (Wildman–Crippen MR) is 113 cm³/mol. The van der Waals surface area contributed by atoms with E-state index in [1.807, 2.05) is 6.07 Å². The zero-order valence-corrected chi connectivity index (χ0v) is 16.4. The van der Waals surface area contributed by atoms with E-state index >= 15 is 0 Å². The molecule has 0 heterocycles. The van der Waals surface area contributed by atoms with Crippen LogP contribution in [0.5, 0.6) is 0 Å². The van der Waals surface area contributed by atoms with Gasteiger partial charge in [-0.05, 0) is 24.3 Å². The minimum absolute atomic E-state index is 0.110. The van der Waals surface area contributed by atoms with Crippen molar-refractivity contribution in [2.24, 2.45) is 0 Å². The highest BCUT2D eigenvalue weighted by molar-refractivity contribution is 7.99. The van der Waals surface area contributed by atoms with Crippen LogP contribution in [0.1, 0.15) is 21.5 Å². The highest BCUT2D eigenvalue weighted by Crippen LogP contribution is 2.24. The molecular formula is C22H17ClFNO2S. The molecule has 6 heteroatoms. The van der Waals surface area contributed by atoms with Crippen LogP contribution in [0.2, 0.25) is 5.02 Å². The molecule has 0 aromatic heterocycles. The van der Waals surface area contributed by atoms with Gasteiger partial charge in [-0.1, -0.05) is 60.1 Å². The lowest BCUT2D eigenvalue weighted by atomic mass is 10.0. The summed E-state index contributed by atoms with van der Waals surface area (Å²) in [6.07, 6.45) is 0. The third kappa shape index (κ3) is 5.00. The number of amides is 1. The molecule has 3 rings (SSSR count). The lowest BCUT2D eigenvalue weighted by molar-refractivity contribution is -0.113. The van der Waals surface area contributed by atoms with Gasteiger partial charge in [-0.2, -0.15) is 0 Å². The van der Waals surface area contributed by atoms with Crippen LogP contribution >= 0.6 is 23.4 Å². The van der Waals surface area contributed by atoms with Crippen LogP contribution in [0.25, 0.3) is 0 Å². The zero-order chi connectivity index (χ0) is 19.9. The first-order valence-corrected chi connectivity index (χ1v) is 10.1. The summed E-state index contributed by atoms with van der Waals surface area (Å²) in [5, 5.41) is 3.11. The molecule has 3 aromatic carbocycles. The van der Waals surface area contributed by atoms with Crippen LogP contribution in [0.15, 0.2) is 72.8 Å². The average Bonchev–Trinajstić information content (AvgIpc) is 2.71. The largest absolute Gasteiger partial charge is 0.325 e. The second-order valence-electron chi connectivity index (χ2n) is 5.98. The number of rotatable bonds is 7. The second kappa shape index (κ2) is 9.53. The Morgan fingerprint density at radius 2 is 1.64 bits per heavy atom. The van der Waals surface area contributed by atoms with E-state index < -0.39 is 0 Å². The Labute approximate surface area is 171 Å². The minimum atomic E-state index is -0.390. The van der Waals surface area contributed by atoms with E-state index in [9.17, 15) is 14.0 Å². The van der Waals surface area contributed by atoms with E-state index in [1.165, 1.54) is 17.8 Å². The van der Waals surface area contributed by atoms with E-state index in [1.54, 1.807) is 60.7 Å². The van der Waals surface area contributed by atoms with E-state index in [-0.39, 0.29) is 29.0 Å². The molecule has 0 aliphatic rings. The Morgan fingerprint density at radius 3 is 2.39 bits per heavy atom. The van der Waals surface area contributed by atoms with Gasteiger partial charge in [-0.3, -0.25) is 9.59 Å². The third-order valence-electron chi connectivity index (χ3n) is 4.02. The van der Waals surface area contributed by atoms with Crippen molar-refractivity contribution in [2.75, 3.05) is 11.1 Å². The molecule has 28 heavy (non-hydrogen) atoms. The van der Waals surface area contributed by atoms with Crippen molar-refractivity contribution in [3.8, 4) is 0 Å². The fourth-order valence-corrected chi connectivity index (χ4v) is 3.80. The molecule has 1 amide bonds. The molecule has 0 saturated carbocycles. The summed E-state index contributed by atoms with van der Waals surface area (Å²) in [6.45, 7) is 0. The Bertz CT molecular complexity index is 975.